The molecule has 0 aliphatic rings. The summed E-state index contributed by atoms with van der Waals surface area (Å²) < 4.78 is 6.64. The summed E-state index contributed by atoms with van der Waals surface area (Å²) in [6, 6.07) is 13.9. The van der Waals surface area contributed by atoms with Gasteiger partial charge in [-0.2, -0.15) is 0 Å². The fourth-order valence-corrected chi connectivity index (χ4v) is 2.76. The van der Waals surface area contributed by atoms with Crippen LogP contribution >= 0.6 is 0 Å². The molecule has 0 aliphatic heterocycles. The predicted octanol–water partition coefficient (Wildman–Crippen LogP) is 2.97. The molecule has 7 heteroatoms. The lowest BCUT2D eigenvalue weighted by molar-refractivity contribution is 0.0600. The first-order valence-electron chi connectivity index (χ1n) is 9.36. The van der Waals surface area contributed by atoms with Crippen molar-refractivity contribution in [2.75, 3.05) is 19.0 Å². The minimum atomic E-state index is -0.404. The van der Waals surface area contributed by atoms with Crippen molar-refractivity contribution >= 4 is 17.7 Å². The molecule has 7 nitrogen and oxygen atoms in total. The number of methoxy groups -OCH3 is 1. The third-order valence-electron chi connectivity index (χ3n) is 4.31. The number of carbonyl (C=O) groups is 2. The van der Waals surface area contributed by atoms with Gasteiger partial charge in [-0.25, -0.2) is 14.6 Å². The Bertz CT molecular complexity index is 1110. The van der Waals surface area contributed by atoms with E-state index in [1.54, 1.807) is 36.5 Å². The molecule has 0 radical (unpaired) electrons. The third kappa shape index (κ3) is 5.72. The molecule has 0 spiro atoms. The van der Waals surface area contributed by atoms with E-state index in [9.17, 15) is 9.59 Å². The van der Waals surface area contributed by atoms with Gasteiger partial charge in [0.15, 0.2) is 0 Å². The van der Waals surface area contributed by atoms with Crippen LogP contribution in [0.15, 0.2) is 60.9 Å². The highest BCUT2D eigenvalue weighted by Gasteiger charge is 2.05. The van der Waals surface area contributed by atoms with Gasteiger partial charge in [0.2, 0.25) is 0 Å². The van der Waals surface area contributed by atoms with E-state index in [1.807, 2.05) is 36.0 Å². The number of nitrogens with one attached hydrogen (secondary N) is 2. The van der Waals surface area contributed by atoms with Crippen molar-refractivity contribution in [3.63, 3.8) is 0 Å². The molecule has 0 fully saturated rings. The maximum Gasteiger partial charge on any atom is 0.337 e. The van der Waals surface area contributed by atoms with Gasteiger partial charge in [-0.05, 0) is 36.4 Å². The minimum Gasteiger partial charge on any atom is -0.465 e. The van der Waals surface area contributed by atoms with Crippen molar-refractivity contribution < 1.29 is 14.3 Å². The molecule has 2 N–H and O–H groups in total. The summed E-state index contributed by atoms with van der Waals surface area (Å²) >= 11 is 0. The number of ether oxygens (including phenoxy) is 1. The van der Waals surface area contributed by atoms with Gasteiger partial charge in [-0.15, -0.1) is 0 Å². The van der Waals surface area contributed by atoms with Crippen LogP contribution in [0, 0.1) is 11.8 Å². The number of rotatable bonds is 5. The minimum absolute atomic E-state index is 0.292. The second kappa shape index (κ2) is 9.94. The van der Waals surface area contributed by atoms with E-state index in [2.05, 4.69) is 27.5 Å². The predicted molar refractivity (Wildman–Crippen MR) is 114 cm³/mol. The zero-order valence-corrected chi connectivity index (χ0v) is 16.8. The molecule has 3 rings (SSSR count). The molecule has 2 amide bonds. The van der Waals surface area contributed by atoms with Crippen LogP contribution in [0.25, 0.3) is 0 Å². The lowest BCUT2D eigenvalue weighted by Crippen LogP contribution is -2.30. The van der Waals surface area contributed by atoms with E-state index < -0.39 is 5.97 Å². The highest BCUT2D eigenvalue weighted by Crippen LogP contribution is 2.11. The second-order valence-corrected chi connectivity index (χ2v) is 6.49. The Labute approximate surface area is 175 Å². The summed E-state index contributed by atoms with van der Waals surface area (Å²) in [6.45, 7) is 0.479. The third-order valence-corrected chi connectivity index (χ3v) is 4.31. The lowest BCUT2D eigenvalue weighted by atomic mass is 10.1. The molecule has 30 heavy (non-hydrogen) atoms. The highest BCUT2D eigenvalue weighted by atomic mass is 16.5. The Morgan fingerprint density at radius 2 is 1.83 bits per heavy atom. The van der Waals surface area contributed by atoms with Gasteiger partial charge in [-0.1, -0.05) is 24.0 Å². The molecule has 0 saturated carbocycles. The number of benzene rings is 2. The molecule has 1 aromatic heterocycles. The summed E-state index contributed by atoms with van der Waals surface area (Å²) in [5, 5.41) is 5.61. The van der Waals surface area contributed by atoms with E-state index in [-0.39, 0.29) is 6.03 Å². The first kappa shape index (κ1) is 20.7. The molecule has 0 atom stereocenters. The normalized spacial score (nSPS) is 9.93. The molecule has 3 aromatic rings. The van der Waals surface area contributed by atoms with Crippen molar-refractivity contribution in [2.24, 2.45) is 7.05 Å². The van der Waals surface area contributed by atoms with Gasteiger partial charge >= 0.3 is 12.0 Å². The van der Waals surface area contributed by atoms with E-state index in [0.717, 1.165) is 11.4 Å². The maximum atomic E-state index is 12.1. The van der Waals surface area contributed by atoms with Crippen LogP contribution in [0.5, 0.6) is 0 Å². The van der Waals surface area contributed by atoms with E-state index >= 15 is 0 Å². The summed E-state index contributed by atoms with van der Waals surface area (Å²) in [5.74, 6) is 6.56. The first-order chi connectivity index (χ1) is 14.5. The van der Waals surface area contributed by atoms with Crippen LogP contribution < -0.4 is 10.6 Å². The number of hydrogen-bond acceptors (Lipinski definition) is 4. The van der Waals surface area contributed by atoms with E-state index in [1.165, 1.54) is 7.11 Å². The fourth-order valence-electron chi connectivity index (χ4n) is 2.76. The number of nitrogens with zero attached hydrogens (tertiary/aromatic N) is 2. The summed E-state index contributed by atoms with van der Waals surface area (Å²) in [6.07, 6.45) is 4.24. The smallest absolute Gasteiger partial charge is 0.337 e. The average molecular weight is 402 g/mol. The van der Waals surface area contributed by atoms with Crippen LogP contribution in [-0.4, -0.2) is 35.2 Å². The van der Waals surface area contributed by atoms with Gasteiger partial charge < -0.3 is 19.9 Å². The number of amides is 2. The van der Waals surface area contributed by atoms with E-state index in [4.69, 9.17) is 4.74 Å². The zero-order chi connectivity index (χ0) is 21.3. The number of anilines is 1. The molecule has 2 aromatic carbocycles. The van der Waals surface area contributed by atoms with Crippen LogP contribution in [0.3, 0.4) is 0 Å². The molecular formula is C23H22N4O3. The fraction of sp³-hybridized carbons (Fsp3) is 0.174. The van der Waals surface area contributed by atoms with Crippen LogP contribution in [0.2, 0.25) is 0 Å². The first-order valence-corrected chi connectivity index (χ1v) is 9.36. The topological polar surface area (TPSA) is 85.2 Å². The Kier molecular flexibility index (Phi) is 6.85. The van der Waals surface area contributed by atoms with Crippen LogP contribution in [-0.2, 0) is 18.2 Å². The number of carbonyl (C=O) groups excluding carboxylic acids is 2. The SMILES string of the molecule is COC(=O)c1cccc(C#Cc2cccc(NC(=O)NCCc3nccn3C)c2)c1. The van der Waals surface area contributed by atoms with Gasteiger partial charge in [0, 0.05) is 49.2 Å². The maximum absolute atomic E-state index is 12.1. The zero-order valence-electron chi connectivity index (χ0n) is 16.8. The highest BCUT2D eigenvalue weighted by molar-refractivity contribution is 5.90. The second-order valence-electron chi connectivity index (χ2n) is 6.49. The summed E-state index contributed by atoms with van der Waals surface area (Å²) in [5.41, 5.74) is 2.52. The largest absolute Gasteiger partial charge is 0.465 e. The number of imidazole rings is 1. The Balaban J connectivity index is 1.58. The molecule has 152 valence electrons. The van der Waals surface area contributed by atoms with Crippen molar-refractivity contribution in [3.05, 3.63) is 83.4 Å². The number of hydrogen-bond donors (Lipinski definition) is 2. The molecule has 0 unspecified atom stereocenters. The quantitative estimate of drug-likeness (QED) is 0.508. The van der Waals surface area contributed by atoms with Crippen molar-refractivity contribution in [2.45, 2.75) is 6.42 Å². The van der Waals surface area contributed by atoms with Gasteiger partial charge in [0.25, 0.3) is 0 Å². The van der Waals surface area contributed by atoms with Crippen LogP contribution in [0.1, 0.15) is 27.3 Å². The Hall–Kier alpha value is -4.05. The lowest BCUT2D eigenvalue weighted by Gasteiger charge is -2.08. The molecule has 1 heterocycles. The van der Waals surface area contributed by atoms with Gasteiger partial charge in [0.1, 0.15) is 5.82 Å². The number of aryl methyl sites for hydroxylation is 1. The van der Waals surface area contributed by atoms with Crippen LogP contribution in [0.4, 0.5) is 10.5 Å². The summed E-state index contributed by atoms with van der Waals surface area (Å²) in [7, 11) is 3.26. The molecule has 0 saturated heterocycles. The molecular weight excluding hydrogens is 380 g/mol. The standard InChI is InChI=1S/C23H22N4O3/c1-27-14-13-24-21(27)11-12-25-23(29)26-20-8-4-6-18(16-20)10-9-17-5-3-7-19(15-17)22(28)30-2/h3-8,13-16H,11-12H2,1-2H3,(H2,25,26,29). The van der Waals surface area contributed by atoms with Crippen molar-refractivity contribution in [3.8, 4) is 11.8 Å². The Morgan fingerprint density at radius 3 is 2.53 bits per heavy atom. The number of urea groups is 1. The average Bonchev–Trinajstić information content (AvgIpc) is 3.17. The van der Waals surface area contributed by atoms with E-state index in [0.29, 0.717) is 29.8 Å². The number of aromatic nitrogens is 2. The van der Waals surface area contributed by atoms with Gasteiger partial charge in [-0.3, -0.25) is 0 Å². The number of esters is 1. The molecule has 0 bridgehead atoms. The molecule has 0 aliphatic carbocycles. The Morgan fingerprint density at radius 1 is 1.10 bits per heavy atom. The monoisotopic (exact) mass is 402 g/mol. The van der Waals surface area contributed by atoms with Crippen molar-refractivity contribution in [1.29, 1.82) is 0 Å². The van der Waals surface area contributed by atoms with Crippen molar-refractivity contribution in [1.82, 2.24) is 14.9 Å². The van der Waals surface area contributed by atoms with Gasteiger partial charge in [0.05, 0.1) is 12.7 Å². The summed E-state index contributed by atoms with van der Waals surface area (Å²) in [4.78, 5) is 28.0.